The van der Waals surface area contributed by atoms with E-state index in [0.29, 0.717) is 11.6 Å². The Morgan fingerprint density at radius 1 is 1.30 bits per heavy atom. The fraction of sp³-hybridized carbons (Fsp3) is 0.263. The Hall–Kier alpha value is -2.62. The second kappa shape index (κ2) is 8.13. The number of anilines is 1. The van der Waals surface area contributed by atoms with Gasteiger partial charge in [-0.15, -0.1) is 0 Å². The summed E-state index contributed by atoms with van der Waals surface area (Å²) < 4.78 is 5.20. The van der Waals surface area contributed by atoms with E-state index in [9.17, 15) is 4.79 Å². The van der Waals surface area contributed by atoms with E-state index >= 15 is 0 Å². The second-order valence-electron chi connectivity index (χ2n) is 5.69. The van der Waals surface area contributed by atoms with Gasteiger partial charge < -0.3 is 4.74 Å². The maximum absolute atomic E-state index is 11.9. The molecule has 0 aliphatic heterocycles. The molecule has 1 amide bonds. The molecule has 0 bridgehead atoms. The molecular weight excluding hydrogens is 288 g/mol. The highest BCUT2D eigenvalue weighted by molar-refractivity contribution is 5.84. The molecule has 1 N–H and O–H groups in total. The molecule has 1 heterocycles. The summed E-state index contributed by atoms with van der Waals surface area (Å²) in [4.78, 5) is 16.2. The van der Waals surface area contributed by atoms with Crippen molar-refractivity contribution < 1.29 is 9.53 Å². The van der Waals surface area contributed by atoms with Crippen LogP contribution in [0.4, 0.5) is 10.5 Å². The van der Waals surface area contributed by atoms with Crippen molar-refractivity contribution in [2.24, 2.45) is 5.92 Å². The lowest BCUT2D eigenvalue weighted by atomic mass is 10.1. The van der Waals surface area contributed by atoms with Gasteiger partial charge in [0.05, 0.1) is 11.9 Å². The van der Waals surface area contributed by atoms with E-state index in [0.717, 1.165) is 16.8 Å². The molecule has 0 aliphatic rings. The first-order valence-electron chi connectivity index (χ1n) is 7.67. The number of aryl methyl sites for hydroxylation is 1. The molecule has 2 aromatic rings. The number of pyridine rings is 1. The Morgan fingerprint density at radius 3 is 2.74 bits per heavy atom. The molecule has 0 aliphatic carbocycles. The van der Waals surface area contributed by atoms with E-state index in [1.54, 1.807) is 6.20 Å². The third-order valence-corrected chi connectivity index (χ3v) is 3.25. The van der Waals surface area contributed by atoms with Crippen LogP contribution in [0.3, 0.4) is 0 Å². The molecule has 0 saturated carbocycles. The van der Waals surface area contributed by atoms with Crippen LogP contribution in [0.2, 0.25) is 0 Å². The molecule has 1 aromatic heterocycles. The summed E-state index contributed by atoms with van der Waals surface area (Å²) in [5.74, 6) is 0.460. The summed E-state index contributed by atoms with van der Waals surface area (Å²) in [7, 11) is 0. The fourth-order valence-electron chi connectivity index (χ4n) is 1.96. The Labute approximate surface area is 137 Å². The van der Waals surface area contributed by atoms with E-state index < -0.39 is 6.09 Å². The predicted molar refractivity (Wildman–Crippen MR) is 93.1 cm³/mol. The number of nitrogens with one attached hydrogen (secondary N) is 1. The molecule has 0 atom stereocenters. The second-order valence-corrected chi connectivity index (χ2v) is 5.69. The summed E-state index contributed by atoms with van der Waals surface area (Å²) in [6.07, 6.45) is 5.26. The topological polar surface area (TPSA) is 51.2 Å². The number of hydrogen-bond donors (Lipinski definition) is 1. The average molecular weight is 310 g/mol. The van der Waals surface area contributed by atoms with Gasteiger partial charge >= 0.3 is 6.09 Å². The lowest BCUT2D eigenvalue weighted by Gasteiger charge is -2.09. The zero-order valence-corrected chi connectivity index (χ0v) is 13.7. The highest BCUT2D eigenvalue weighted by atomic mass is 16.5. The van der Waals surface area contributed by atoms with Gasteiger partial charge in [0.2, 0.25) is 0 Å². The zero-order valence-electron chi connectivity index (χ0n) is 13.7. The normalized spacial score (nSPS) is 11.0. The Balaban J connectivity index is 1.96. The Morgan fingerprint density at radius 2 is 2.04 bits per heavy atom. The van der Waals surface area contributed by atoms with E-state index in [4.69, 9.17) is 4.74 Å². The van der Waals surface area contributed by atoms with Crippen molar-refractivity contribution in [2.75, 3.05) is 5.32 Å². The van der Waals surface area contributed by atoms with Crippen molar-refractivity contribution in [1.29, 1.82) is 0 Å². The van der Waals surface area contributed by atoms with Gasteiger partial charge in [0.15, 0.2) is 0 Å². The van der Waals surface area contributed by atoms with Crippen molar-refractivity contribution >= 4 is 17.9 Å². The molecule has 4 heteroatoms. The van der Waals surface area contributed by atoms with Gasteiger partial charge in [-0.05, 0) is 30.0 Å². The van der Waals surface area contributed by atoms with Crippen LogP contribution in [0, 0.1) is 12.8 Å². The maximum atomic E-state index is 11.9. The summed E-state index contributed by atoms with van der Waals surface area (Å²) >= 11 is 0. The van der Waals surface area contributed by atoms with Crippen molar-refractivity contribution in [3.8, 4) is 0 Å². The number of hydrogen-bond acceptors (Lipinski definition) is 3. The third-order valence-electron chi connectivity index (χ3n) is 3.25. The number of amides is 1. The van der Waals surface area contributed by atoms with Crippen molar-refractivity contribution in [3.63, 3.8) is 0 Å². The van der Waals surface area contributed by atoms with Gasteiger partial charge in [0.1, 0.15) is 6.61 Å². The van der Waals surface area contributed by atoms with E-state index in [-0.39, 0.29) is 6.61 Å². The number of aromatic nitrogens is 1. The number of rotatable bonds is 5. The summed E-state index contributed by atoms with van der Waals surface area (Å²) in [6, 6.07) is 11.5. The molecule has 1 aromatic carbocycles. The number of carbonyl (C=O) groups excluding carboxylic acids is 1. The predicted octanol–water partition coefficient (Wildman–Crippen LogP) is 4.81. The van der Waals surface area contributed by atoms with Gasteiger partial charge in [-0.25, -0.2) is 4.79 Å². The monoisotopic (exact) mass is 310 g/mol. The number of nitrogens with zero attached hydrogens (tertiary/aromatic N) is 1. The smallest absolute Gasteiger partial charge is 0.412 e. The van der Waals surface area contributed by atoms with Crippen molar-refractivity contribution in [2.45, 2.75) is 27.4 Å². The molecule has 0 spiro atoms. The van der Waals surface area contributed by atoms with Crippen LogP contribution >= 0.6 is 0 Å². The van der Waals surface area contributed by atoms with Crippen LogP contribution in [-0.2, 0) is 11.3 Å². The van der Waals surface area contributed by atoms with Crippen LogP contribution in [-0.4, -0.2) is 11.1 Å². The lowest BCUT2D eigenvalue weighted by Crippen LogP contribution is -2.14. The van der Waals surface area contributed by atoms with E-state index in [1.807, 2.05) is 49.4 Å². The molecule has 0 unspecified atom stereocenters. The minimum Gasteiger partial charge on any atom is -0.444 e. The van der Waals surface area contributed by atoms with Crippen molar-refractivity contribution in [3.05, 3.63) is 65.5 Å². The Bertz CT molecular complexity index is 679. The van der Waals surface area contributed by atoms with Crippen LogP contribution in [0.1, 0.15) is 30.7 Å². The first-order valence-corrected chi connectivity index (χ1v) is 7.67. The molecule has 2 rings (SSSR count). The van der Waals surface area contributed by atoms with Crippen LogP contribution in [0.15, 0.2) is 48.7 Å². The highest BCUT2D eigenvalue weighted by Gasteiger charge is 2.06. The maximum Gasteiger partial charge on any atom is 0.412 e. The summed E-state index contributed by atoms with van der Waals surface area (Å²) in [5, 5.41) is 2.71. The first kappa shape index (κ1) is 16.7. The van der Waals surface area contributed by atoms with Crippen LogP contribution in [0.5, 0.6) is 0 Å². The summed E-state index contributed by atoms with van der Waals surface area (Å²) in [6.45, 7) is 6.41. The molecule has 120 valence electrons. The largest absolute Gasteiger partial charge is 0.444 e. The standard InChI is InChI=1S/C19H22N2O2/c1-14(2)9-10-17-11-18(12-20-15(17)3)21-19(22)23-13-16-7-5-4-6-8-16/h4-12,14H,13H2,1-3H3,(H,21,22)/b10-9-. The molecule has 23 heavy (non-hydrogen) atoms. The highest BCUT2D eigenvalue weighted by Crippen LogP contribution is 2.15. The number of allylic oxidation sites excluding steroid dienone is 1. The number of carbonyl (C=O) groups is 1. The Kier molecular flexibility index (Phi) is 5.92. The molecule has 0 radical (unpaired) electrons. The number of benzene rings is 1. The molecular formula is C19H22N2O2. The van der Waals surface area contributed by atoms with Crippen LogP contribution < -0.4 is 5.32 Å². The molecule has 4 nitrogen and oxygen atoms in total. The number of ether oxygens (including phenoxy) is 1. The van der Waals surface area contributed by atoms with Crippen molar-refractivity contribution in [1.82, 2.24) is 4.98 Å². The van der Waals surface area contributed by atoms with Gasteiger partial charge in [-0.3, -0.25) is 10.3 Å². The fourth-order valence-corrected chi connectivity index (χ4v) is 1.96. The molecule has 0 fully saturated rings. The lowest BCUT2D eigenvalue weighted by molar-refractivity contribution is 0.155. The average Bonchev–Trinajstić information content (AvgIpc) is 2.54. The van der Waals surface area contributed by atoms with E-state index in [2.05, 4.69) is 30.2 Å². The van der Waals surface area contributed by atoms with Gasteiger partial charge in [0.25, 0.3) is 0 Å². The minimum absolute atomic E-state index is 0.242. The SMILES string of the molecule is Cc1ncc(NC(=O)OCc2ccccc2)cc1/C=C\C(C)C. The van der Waals surface area contributed by atoms with Gasteiger partial charge in [-0.2, -0.15) is 0 Å². The zero-order chi connectivity index (χ0) is 16.7. The molecule has 0 saturated heterocycles. The van der Waals surface area contributed by atoms with E-state index in [1.165, 1.54) is 0 Å². The minimum atomic E-state index is -0.488. The quantitative estimate of drug-likeness (QED) is 0.862. The third kappa shape index (κ3) is 5.58. The van der Waals surface area contributed by atoms with Gasteiger partial charge in [0, 0.05) is 5.69 Å². The van der Waals surface area contributed by atoms with Crippen LogP contribution in [0.25, 0.3) is 6.08 Å². The summed E-state index contributed by atoms with van der Waals surface area (Å²) in [5.41, 5.74) is 3.48. The van der Waals surface area contributed by atoms with Gasteiger partial charge in [-0.1, -0.05) is 56.3 Å². The first-order chi connectivity index (χ1) is 11.0.